The number of anilines is 3. The van der Waals surface area contributed by atoms with E-state index in [1.165, 1.54) is 49.3 Å². The number of rotatable bonds is 7. The number of fused-ring (bicyclic) bond motifs is 7. The van der Waals surface area contributed by atoms with E-state index >= 15 is 0 Å². The molecule has 12 aromatic rings. The van der Waals surface area contributed by atoms with Crippen LogP contribution in [0.5, 0.6) is 0 Å². The monoisotopic (exact) mass is 778 g/mol. The molecule has 12 rings (SSSR count). The maximum absolute atomic E-state index is 6.38. The molecule has 10 aromatic carbocycles. The normalized spacial score (nSPS) is 11.6. The fourth-order valence-corrected chi connectivity index (χ4v) is 9.49. The second-order valence-electron chi connectivity index (χ2n) is 15.6. The van der Waals surface area contributed by atoms with Gasteiger partial charge in [0.25, 0.3) is 0 Å². The zero-order chi connectivity index (χ0) is 40.3. The average molecular weight is 779 g/mol. The quantitative estimate of drug-likeness (QED) is 0.161. The summed E-state index contributed by atoms with van der Waals surface area (Å²) in [7, 11) is 0. The van der Waals surface area contributed by atoms with Crippen LogP contribution in [0.15, 0.2) is 235 Å². The molecule has 286 valence electrons. The van der Waals surface area contributed by atoms with Gasteiger partial charge in [-0.2, -0.15) is 0 Å². The summed E-state index contributed by atoms with van der Waals surface area (Å²) in [6.07, 6.45) is 0. The molecule has 0 amide bonds. The van der Waals surface area contributed by atoms with Crippen LogP contribution in [0.25, 0.3) is 93.6 Å². The Balaban J connectivity index is 1.12. The molecule has 0 aliphatic heterocycles. The van der Waals surface area contributed by atoms with Crippen LogP contribution in [0.3, 0.4) is 0 Å². The first-order valence-electron chi connectivity index (χ1n) is 20.8. The summed E-state index contributed by atoms with van der Waals surface area (Å²) in [4.78, 5) is 2.45. The third kappa shape index (κ3) is 5.74. The molecule has 0 fully saturated rings. The van der Waals surface area contributed by atoms with Crippen LogP contribution in [0.4, 0.5) is 17.1 Å². The highest BCUT2D eigenvalue weighted by Gasteiger charge is 2.24. The van der Waals surface area contributed by atoms with Crippen LogP contribution in [0.2, 0.25) is 0 Å². The number of hydrogen-bond donors (Lipinski definition) is 0. The standard InChI is InChI=1S/C58H38N2O/c1-3-17-39(18-4-1)45-27-15-19-40-20-16-28-49(58(40)45)46-24-8-12-30-53(46)60(43-34-36-57-51(38-43)48-26-10-14-32-56(48)61-57)52-29-11-7-23-44(52)41-33-35-55-50(37-41)47-25-9-13-31-54(47)59(55)42-21-5-2-6-22-42/h1-38H. The molecule has 3 heteroatoms. The van der Waals surface area contributed by atoms with E-state index < -0.39 is 0 Å². The fraction of sp³-hybridized carbons (Fsp3) is 0. The Kier molecular flexibility index (Phi) is 8.17. The molecule has 0 N–H and O–H groups in total. The van der Waals surface area contributed by atoms with E-state index in [1.54, 1.807) is 0 Å². The van der Waals surface area contributed by atoms with Crippen LogP contribution < -0.4 is 4.90 Å². The van der Waals surface area contributed by atoms with Crippen molar-refractivity contribution in [2.75, 3.05) is 4.90 Å². The van der Waals surface area contributed by atoms with Crippen LogP contribution in [-0.2, 0) is 0 Å². The lowest BCUT2D eigenvalue weighted by Gasteiger charge is -2.30. The Labute approximate surface area is 353 Å². The Bertz CT molecular complexity index is 3590. The Morgan fingerprint density at radius 3 is 1.77 bits per heavy atom. The molecule has 0 spiro atoms. The number of para-hydroxylation sites is 5. The highest BCUT2D eigenvalue weighted by molar-refractivity contribution is 6.13. The minimum absolute atomic E-state index is 0.869. The molecule has 0 unspecified atom stereocenters. The van der Waals surface area contributed by atoms with E-state index in [-0.39, 0.29) is 0 Å². The maximum atomic E-state index is 6.38. The zero-order valence-corrected chi connectivity index (χ0v) is 33.2. The second kappa shape index (κ2) is 14.3. The lowest BCUT2D eigenvalue weighted by atomic mass is 9.90. The van der Waals surface area contributed by atoms with Gasteiger partial charge < -0.3 is 13.9 Å². The van der Waals surface area contributed by atoms with E-state index in [1.807, 2.05) is 12.1 Å². The van der Waals surface area contributed by atoms with E-state index in [0.29, 0.717) is 0 Å². The van der Waals surface area contributed by atoms with E-state index in [0.717, 1.165) is 61.4 Å². The fourth-order valence-electron chi connectivity index (χ4n) is 9.49. The van der Waals surface area contributed by atoms with Crippen LogP contribution >= 0.6 is 0 Å². The summed E-state index contributed by atoms with van der Waals surface area (Å²) >= 11 is 0. The summed E-state index contributed by atoms with van der Waals surface area (Å²) in [6, 6.07) is 83.1. The van der Waals surface area contributed by atoms with Crippen LogP contribution in [0, 0.1) is 0 Å². The second-order valence-corrected chi connectivity index (χ2v) is 15.6. The maximum Gasteiger partial charge on any atom is 0.135 e. The summed E-state index contributed by atoms with van der Waals surface area (Å²) in [5, 5.41) is 7.06. The van der Waals surface area contributed by atoms with Gasteiger partial charge in [0, 0.05) is 44.0 Å². The van der Waals surface area contributed by atoms with E-state index in [4.69, 9.17) is 4.42 Å². The highest BCUT2D eigenvalue weighted by Crippen LogP contribution is 2.48. The van der Waals surface area contributed by atoms with Crippen molar-refractivity contribution in [1.82, 2.24) is 4.57 Å². The molecule has 3 nitrogen and oxygen atoms in total. The zero-order valence-electron chi connectivity index (χ0n) is 33.2. The molecular formula is C58H38N2O. The molecule has 0 aliphatic carbocycles. The summed E-state index contributed by atoms with van der Waals surface area (Å²) < 4.78 is 8.75. The largest absolute Gasteiger partial charge is 0.456 e. The predicted molar refractivity (Wildman–Crippen MR) is 257 cm³/mol. The molecule has 2 aromatic heterocycles. The molecule has 0 aliphatic rings. The van der Waals surface area contributed by atoms with Gasteiger partial charge in [0.15, 0.2) is 0 Å². The van der Waals surface area contributed by atoms with Crippen molar-refractivity contribution in [3.05, 3.63) is 231 Å². The molecule has 0 radical (unpaired) electrons. The topological polar surface area (TPSA) is 21.3 Å². The average Bonchev–Trinajstić information content (AvgIpc) is 3.87. The lowest BCUT2D eigenvalue weighted by Crippen LogP contribution is -2.12. The van der Waals surface area contributed by atoms with Gasteiger partial charge in [-0.3, -0.25) is 0 Å². The van der Waals surface area contributed by atoms with Gasteiger partial charge in [-0.1, -0.05) is 164 Å². The van der Waals surface area contributed by atoms with Crippen molar-refractivity contribution in [3.63, 3.8) is 0 Å². The third-order valence-corrected chi connectivity index (χ3v) is 12.2. The molecule has 0 saturated carbocycles. The van der Waals surface area contributed by atoms with Crippen LogP contribution in [-0.4, -0.2) is 4.57 Å². The number of hydrogen-bond acceptors (Lipinski definition) is 2. The van der Waals surface area contributed by atoms with Gasteiger partial charge in [-0.25, -0.2) is 0 Å². The molecule has 0 atom stereocenters. The summed E-state index contributed by atoms with van der Waals surface area (Å²) in [5.74, 6) is 0. The Morgan fingerprint density at radius 2 is 0.951 bits per heavy atom. The highest BCUT2D eigenvalue weighted by atomic mass is 16.3. The van der Waals surface area contributed by atoms with Crippen molar-refractivity contribution < 1.29 is 4.42 Å². The summed E-state index contributed by atoms with van der Waals surface area (Å²) in [5.41, 5.74) is 15.5. The molecule has 61 heavy (non-hydrogen) atoms. The Hall–Kier alpha value is -8.14. The number of aromatic nitrogens is 1. The first kappa shape index (κ1) is 34.9. The molecular weight excluding hydrogens is 741 g/mol. The minimum Gasteiger partial charge on any atom is -0.456 e. The van der Waals surface area contributed by atoms with Crippen molar-refractivity contribution in [2.45, 2.75) is 0 Å². The summed E-state index contributed by atoms with van der Waals surface area (Å²) in [6.45, 7) is 0. The van der Waals surface area contributed by atoms with Crippen molar-refractivity contribution in [1.29, 1.82) is 0 Å². The van der Waals surface area contributed by atoms with E-state index in [2.05, 4.69) is 228 Å². The van der Waals surface area contributed by atoms with Gasteiger partial charge >= 0.3 is 0 Å². The Morgan fingerprint density at radius 1 is 0.344 bits per heavy atom. The number of furan rings is 1. The first-order chi connectivity index (χ1) is 30.3. The SMILES string of the molecule is c1ccc(-c2cccc3cccc(-c4ccccc4N(c4ccc5oc6ccccc6c5c4)c4ccccc4-c4ccc5c(c4)c4ccccc4n5-c4ccccc4)c23)cc1. The van der Waals surface area contributed by atoms with Crippen molar-refractivity contribution in [2.24, 2.45) is 0 Å². The van der Waals surface area contributed by atoms with Crippen molar-refractivity contribution >= 4 is 71.6 Å². The van der Waals surface area contributed by atoms with Gasteiger partial charge in [0.1, 0.15) is 11.2 Å². The van der Waals surface area contributed by atoms with Crippen molar-refractivity contribution in [3.8, 4) is 39.1 Å². The predicted octanol–water partition coefficient (Wildman–Crippen LogP) is 16.3. The smallest absolute Gasteiger partial charge is 0.135 e. The van der Waals surface area contributed by atoms with Gasteiger partial charge in [0.05, 0.1) is 22.4 Å². The molecule has 0 saturated heterocycles. The molecule has 0 bridgehead atoms. The first-order valence-corrected chi connectivity index (χ1v) is 20.8. The minimum atomic E-state index is 0.869. The van der Waals surface area contributed by atoms with Crippen LogP contribution in [0.1, 0.15) is 0 Å². The number of benzene rings is 10. The lowest BCUT2D eigenvalue weighted by molar-refractivity contribution is 0.669. The van der Waals surface area contributed by atoms with Gasteiger partial charge in [-0.15, -0.1) is 0 Å². The van der Waals surface area contributed by atoms with Gasteiger partial charge in [0.2, 0.25) is 0 Å². The molecule has 2 heterocycles. The van der Waals surface area contributed by atoms with E-state index in [9.17, 15) is 0 Å². The third-order valence-electron chi connectivity index (χ3n) is 12.2. The number of nitrogens with zero attached hydrogens (tertiary/aromatic N) is 2. The van der Waals surface area contributed by atoms with Gasteiger partial charge in [-0.05, 0) is 99.8 Å².